The van der Waals surface area contributed by atoms with Crippen molar-refractivity contribution in [3.05, 3.63) is 57.2 Å². The number of anilines is 2. The van der Waals surface area contributed by atoms with Crippen molar-refractivity contribution in [3.63, 3.8) is 0 Å². The lowest BCUT2D eigenvalue weighted by molar-refractivity contribution is -0.384. The minimum Gasteiger partial charge on any atom is -0.454 e. The molecule has 24 heavy (non-hydrogen) atoms. The molecule has 2 heterocycles. The monoisotopic (exact) mass is 387 g/mol. The van der Waals surface area contributed by atoms with Crippen molar-refractivity contribution in [2.24, 2.45) is 0 Å². The Bertz CT molecular complexity index is 977. The number of fused-ring (bicyclic) bond motifs is 2. The van der Waals surface area contributed by atoms with Gasteiger partial charge in [-0.3, -0.25) is 10.1 Å². The number of nitrogens with one attached hydrogen (secondary N) is 1. The molecule has 8 heteroatoms. The van der Waals surface area contributed by atoms with Gasteiger partial charge in [-0.05, 0) is 34.1 Å². The maximum Gasteiger partial charge on any atom is 0.271 e. The molecule has 120 valence electrons. The molecule has 0 bridgehead atoms. The van der Waals surface area contributed by atoms with E-state index in [-0.39, 0.29) is 12.5 Å². The summed E-state index contributed by atoms with van der Waals surface area (Å²) >= 11 is 3.48. The molecule has 0 saturated carbocycles. The second kappa shape index (κ2) is 5.64. The van der Waals surface area contributed by atoms with Crippen molar-refractivity contribution in [3.8, 4) is 11.5 Å². The quantitative estimate of drug-likeness (QED) is 0.530. The summed E-state index contributed by atoms with van der Waals surface area (Å²) in [4.78, 5) is 14.9. The van der Waals surface area contributed by atoms with E-state index in [9.17, 15) is 10.1 Å². The molecule has 1 aliphatic rings. The van der Waals surface area contributed by atoms with Gasteiger partial charge >= 0.3 is 0 Å². The molecule has 2 aromatic carbocycles. The first-order valence-corrected chi connectivity index (χ1v) is 7.80. The van der Waals surface area contributed by atoms with Gasteiger partial charge in [0.05, 0.1) is 4.92 Å². The number of non-ortho nitro benzene ring substituents is 1. The summed E-state index contributed by atoms with van der Waals surface area (Å²) in [6.07, 6.45) is 1.67. The van der Waals surface area contributed by atoms with Crippen molar-refractivity contribution in [1.82, 2.24) is 4.98 Å². The van der Waals surface area contributed by atoms with E-state index in [0.29, 0.717) is 23.0 Å². The third kappa shape index (κ3) is 2.50. The third-order valence-corrected chi connectivity index (χ3v) is 4.28. The number of halogens is 1. The summed E-state index contributed by atoms with van der Waals surface area (Å²) < 4.78 is 11.6. The molecule has 0 spiro atoms. The molecule has 1 aliphatic heterocycles. The van der Waals surface area contributed by atoms with Gasteiger partial charge in [0.25, 0.3) is 5.69 Å². The predicted molar refractivity (Wildman–Crippen MR) is 91.9 cm³/mol. The van der Waals surface area contributed by atoms with Crippen LogP contribution >= 0.6 is 15.9 Å². The first-order valence-electron chi connectivity index (χ1n) is 7.01. The van der Waals surface area contributed by atoms with E-state index in [1.807, 2.05) is 12.1 Å². The summed E-state index contributed by atoms with van der Waals surface area (Å²) in [6, 6.07) is 9.99. The molecule has 0 radical (unpaired) electrons. The Hall–Kier alpha value is -2.87. The molecule has 0 atom stereocenters. The van der Waals surface area contributed by atoms with Gasteiger partial charge in [-0.25, -0.2) is 4.98 Å². The number of nitro benzene ring substituents is 1. The number of rotatable bonds is 3. The average molecular weight is 388 g/mol. The molecule has 0 unspecified atom stereocenters. The van der Waals surface area contributed by atoms with Crippen molar-refractivity contribution in [2.75, 3.05) is 12.1 Å². The minimum atomic E-state index is -0.434. The lowest BCUT2D eigenvalue weighted by Gasteiger charge is -2.11. The Labute approximate surface area is 144 Å². The van der Waals surface area contributed by atoms with Crippen LogP contribution in [-0.2, 0) is 0 Å². The van der Waals surface area contributed by atoms with Gasteiger partial charge in [-0.2, -0.15) is 0 Å². The summed E-state index contributed by atoms with van der Waals surface area (Å²) in [5.74, 6) is 1.90. The van der Waals surface area contributed by atoms with Crippen LogP contribution in [0.3, 0.4) is 0 Å². The van der Waals surface area contributed by atoms with E-state index >= 15 is 0 Å². The predicted octanol–water partition coefficient (Wildman–Crippen LogP) is 4.38. The fourth-order valence-corrected chi connectivity index (χ4v) is 2.96. The Morgan fingerprint density at radius 2 is 1.92 bits per heavy atom. The number of hydrogen-bond acceptors (Lipinski definition) is 6. The summed E-state index contributed by atoms with van der Waals surface area (Å²) in [6.45, 7) is 0.185. The van der Waals surface area contributed by atoms with Gasteiger partial charge in [-0.1, -0.05) is 6.07 Å². The van der Waals surface area contributed by atoms with Crippen molar-refractivity contribution in [1.29, 1.82) is 0 Å². The van der Waals surface area contributed by atoms with E-state index in [0.717, 1.165) is 15.2 Å². The molecule has 4 rings (SSSR count). The van der Waals surface area contributed by atoms with E-state index in [2.05, 4.69) is 26.2 Å². The van der Waals surface area contributed by atoms with Gasteiger partial charge in [0, 0.05) is 39.3 Å². The van der Waals surface area contributed by atoms with Crippen LogP contribution in [-0.4, -0.2) is 16.7 Å². The lowest BCUT2D eigenvalue weighted by Crippen LogP contribution is -1.96. The fraction of sp³-hybridized carbons (Fsp3) is 0.0625. The molecule has 0 saturated heterocycles. The van der Waals surface area contributed by atoms with Gasteiger partial charge in [-0.15, -0.1) is 0 Å². The van der Waals surface area contributed by atoms with E-state index in [1.165, 1.54) is 12.1 Å². The summed E-state index contributed by atoms with van der Waals surface area (Å²) in [5.41, 5.74) is 0.594. The van der Waals surface area contributed by atoms with Gasteiger partial charge in [0.1, 0.15) is 5.82 Å². The van der Waals surface area contributed by atoms with Crippen LogP contribution < -0.4 is 14.8 Å². The van der Waals surface area contributed by atoms with Crippen LogP contribution in [0.5, 0.6) is 11.5 Å². The Balaban J connectivity index is 1.81. The van der Waals surface area contributed by atoms with Crippen molar-refractivity contribution < 1.29 is 14.4 Å². The number of ether oxygens (including phenoxy) is 2. The van der Waals surface area contributed by atoms with Crippen LogP contribution in [0.4, 0.5) is 17.2 Å². The number of hydrogen-bond donors (Lipinski definition) is 1. The number of nitro groups is 1. The summed E-state index contributed by atoms with van der Waals surface area (Å²) in [7, 11) is 0. The van der Waals surface area contributed by atoms with Gasteiger partial charge in [0.2, 0.25) is 6.79 Å². The topological polar surface area (TPSA) is 86.5 Å². The molecule has 3 aromatic rings. The summed E-state index contributed by atoms with van der Waals surface area (Å²) in [5, 5.41) is 15.8. The van der Waals surface area contributed by atoms with E-state index in [4.69, 9.17) is 9.47 Å². The Kier molecular flexibility index (Phi) is 3.46. The smallest absolute Gasteiger partial charge is 0.271 e. The lowest BCUT2D eigenvalue weighted by atomic mass is 10.1. The zero-order valence-electron chi connectivity index (χ0n) is 12.2. The molecule has 0 aliphatic carbocycles. The van der Waals surface area contributed by atoms with Crippen LogP contribution in [0, 0.1) is 10.1 Å². The van der Waals surface area contributed by atoms with E-state index in [1.54, 1.807) is 18.3 Å². The normalized spacial score (nSPS) is 12.4. The number of nitrogens with zero attached hydrogens (tertiary/aromatic N) is 2. The maximum absolute atomic E-state index is 10.9. The Morgan fingerprint density at radius 1 is 1.17 bits per heavy atom. The second-order valence-corrected chi connectivity index (χ2v) is 5.99. The van der Waals surface area contributed by atoms with Crippen molar-refractivity contribution in [2.45, 2.75) is 0 Å². The SMILES string of the molecule is O=[N+]([O-])c1cccc(Nc2ncc(Br)c3cc4c(cc23)OCO4)c1. The van der Waals surface area contributed by atoms with Gasteiger partial charge in [0.15, 0.2) is 11.5 Å². The molecule has 0 amide bonds. The molecule has 7 nitrogen and oxygen atoms in total. The second-order valence-electron chi connectivity index (χ2n) is 5.14. The minimum absolute atomic E-state index is 0.0130. The highest BCUT2D eigenvalue weighted by atomic mass is 79.9. The van der Waals surface area contributed by atoms with Crippen LogP contribution in [0.1, 0.15) is 0 Å². The first-order chi connectivity index (χ1) is 11.6. The number of aromatic nitrogens is 1. The molecule has 1 N–H and O–H groups in total. The van der Waals surface area contributed by atoms with E-state index < -0.39 is 4.92 Å². The number of pyridine rings is 1. The Morgan fingerprint density at radius 3 is 2.67 bits per heavy atom. The largest absolute Gasteiger partial charge is 0.454 e. The van der Waals surface area contributed by atoms with Gasteiger partial charge < -0.3 is 14.8 Å². The maximum atomic E-state index is 10.9. The third-order valence-electron chi connectivity index (χ3n) is 3.65. The molecule has 0 fully saturated rings. The average Bonchev–Trinajstić information content (AvgIpc) is 3.04. The first kappa shape index (κ1) is 14.7. The molecular weight excluding hydrogens is 378 g/mol. The highest BCUT2D eigenvalue weighted by Gasteiger charge is 2.18. The highest BCUT2D eigenvalue weighted by Crippen LogP contribution is 2.40. The van der Waals surface area contributed by atoms with Crippen LogP contribution in [0.25, 0.3) is 10.8 Å². The zero-order chi connectivity index (χ0) is 16.7. The highest BCUT2D eigenvalue weighted by molar-refractivity contribution is 9.10. The van der Waals surface area contributed by atoms with Crippen molar-refractivity contribution >= 4 is 43.9 Å². The molecule has 1 aromatic heterocycles. The van der Waals surface area contributed by atoms with Crippen LogP contribution in [0.15, 0.2) is 47.1 Å². The zero-order valence-corrected chi connectivity index (χ0v) is 13.7. The molecular formula is C16H10BrN3O4. The number of benzene rings is 2. The fourth-order valence-electron chi connectivity index (χ4n) is 2.53. The standard InChI is InChI=1S/C16H10BrN3O4/c17-13-7-18-16(19-9-2-1-3-10(4-9)20(21)22)12-6-15-14(5-11(12)13)23-8-24-15/h1-7H,8H2,(H,18,19). The van der Waals surface area contributed by atoms with Crippen LogP contribution in [0.2, 0.25) is 0 Å².